The van der Waals surface area contributed by atoms with Gasteiger partial charge < -0.3 is 35.0 Å². The number of aliphatic imine (C=N–C) groups is 1. The van der Waals surface area contributed by atoms with Crippen molar-refractivity contribution < 1.29 is 35.0 Å². The van der Waals surface area contributed by atoms with E-state index in [9.17, 15) is 20.4 Å². The number of hydrogen-bond donors (Lipinski definition) is 5. The quantitative estimate of drug-likeness (QED) is 0.433. The van der Waals surface area contributed by atoms with Crippen molar-refractivity contribution in [1.29, 1.82) is 0 Å². The maximum absolute atomic E-state index is 9.96. The van der Waals surface area contributed by atoms with Gasteiger partial charge in [0.05, 0.1) is 13.7 Å². The first-order valence-electron chi connectivity index (χ1n) is 6.69. The number of ether oxygens (including phenoxy) is 2. The van der Waals surface area contributed by atoms with Gasteiger partial charge in [0.15, 0.2) is 17.8 Å². The van der Waals surface area contributed by atoms with Crippen molar-refractivity contribution >= 4 is 6.21 Å². The van der Waals surface area contributed by atoms with E-state index >= 15 is 0 Å². The van der Waals surface area contributed by atoms with Crippen LogP contribution < -0.4 is 4.74 Å². The molecule has 22 heavy (non-hydrogen) atoms. The molecule has 1 aromatic rings. The van der Waals surface area contributed by atoms with Gasteiger partial charge in [-0.3, -0.25) is 4.99 Å². The van der Waals surface area contributed by atoms with Crippen molar-refractivity contribution in [1.82, 2.24) is 0 Å². The molecule has 2 rings (SSSR count). The van der Waals surface area contributed by atoms with Gasteiger partial charge in [-0.25, -0.2) is 0 Å². The molecule has 0 bridgehead atoms. The lowest BCUT2D eigenvalue weighted by molar-refractivity contribution is -0.248. The highest BCUT2D eigenvalue weighted by atomic mass is 16.6. The Labute approximate surface area is 126 Å². The molecule has 1 aromatic carbocycles. The van der Waals surface area contributed by atoms with Crippen molar-refractivity contribution in [3.8, 4) is 11.5 Å². The second kappa shape index (κ2) is 7.03. The Morgan fingerprint density at radius 3 is 2.64 bits per heavy atom. The number of nitrogens with zero attached hydrogens (tertiary/aromatic N) is 1. The fourth-order valence-corrected chi connectivity index (χ4v) is 2.22. The predicted molar refractivity (Wildman–Crippen MR) is 76.0 cm³/mol. The Morgan fingerprint density at radius 2 is 2.00 bits per heavy atom. The van der Waals surface area contributed by atoms with Crippen LogP contribution in [0.25, 0.3) is 0 Å². The third kappa shape index (κ3) is 3.21. The third-order valence-corrected chi connectivity index (χ3v) is 3.50. The number of phenols is 1. The summed E-state index contributed by atoms with van der Waals surface area (Å²) in [6.07, 6.45) is -4.12. The van der Waals surface area contributed by atoms with Crippen molar-refractivity contribution in [2.24, 2.45) is 4.99 Å². The summed E-state index contributed by atoms with van der Waals surface area (Å²) >= 11 is 0. The SMILES string of the molecule is COc1cccc(C=N[C@@H]2[C@@H](O)[C@H](O)[C@@H](CO)O[C@H]2O)c1O. The van der Waals surface area contributed by atoms with Crippen LogP contribution >= 0.6 is 0 Å². The molecule has 8 nitrogen and oxygen atoms in total. The van der Waals surface area contributed by atoms with Crippen LogP contribution in [0, 0.1) is 0 Å². The van der Waals surface area contributed by atoms with Gasteiger partial charge >= 0.3 is 0 Å². The van der Waals surface area contributed by atoms with Crippen LogP contribution in [-0.4, -0.2) is 76.1 Å². The zero-order valence-corrected chi connectivity index (χ0v) is 11.9. The zero-order valence-electron chi connectivity index (χ0n) is 11.9. The van der Waals surface area contributed by atoms with Gasteiger partial charge in [-0.1, -0.05) is 6.07 Å². The minimum absolute atomic E-state index is 0.136. The first-order valence-corrected chi connectivity index (χ1v) is 6.69. The van der Waals surface area contributed by atoms with E-state index in [4.69, 9.17) is 14.6 Å². The molecule has 8 heteroatoms. The van der Waals surface area contributed by atoms with Gasteiger partial charge in [0, 0.05) is 11.8 Å². The summed E-state index contributed by atoms with van der Waals surface area (Å²) in [5.74, 6) is 0.119. The summed E-state index contributed by atoms with van der Waals surface area (Å²) in [4.78, 5) is 3.96. The zero-order chi connectivity index (χ0) is 16.3. The van der Waals surface area contributed by atoms with E-state index in [1.807, 2.05) is 0 Å². The summed E-state index contributed by atoms with van der Waals surface area (Å²) in [6, 6.07) is 3.62. The monoisotopic (exact) mass is 313 g/mol. The molecular formula is C14H19NO7. The molecule has 5 atom stereocenters. The van der Waals surface area contributed by atoms with Crippen LogP contribution in [0.5, 0.6) is 11.5 Å². The van der Waals surface area contributed by atoms with Crippen LogP contribution in [0.3, 0.4) is 0 Å². The molecule has 0 aromatic heterocycles. The summed E-state index contributed by atoms with van der Waals surface area (Å²) < 4.78 is 9.95. The molecule has 1 saturated heterocycles. The first kappa shape index (κ1) is 16.7. The van der Waals surface area contributed by atoms with E-state index in [0.717, 1.165) is 0 Å². The van der Waals surface area contributed by atoms with E-state index in [1.165, 1.54) is 13.3 Å². The van der Waals surface area contributed by atoms with E-state index in [-0.39, 0.29) is 11.5 Å². The molecule has 0 spiro atoms. The van der Waals surface area contributed by atoms with Gasteiger partial charge in [-0.15, -0.1) is 0 Å². The number of aromatic hydroxyl groups is 1. The van der Waals surface area contributed by atoms with Gasteiger partial charge in [0.1, 0.15) is 24.4 Å². The van der Waals surface area contributed by atoms with E-state index in [1.54, 1.807) is 18.2 Å². The molecule has 0 saturated carbocycles. The van der Waals surface area contributed by atoms with Crippen molar-refractivity contribution in [3.05, 3.63) is 23.8 Å². The van der Waals surface area contributed by atoms with Gasteiger partial charge in [-0.05, 0) is 12.1 Å². The molecule has 1 heterocycles. The van der Waals surface area contributed by atoms with Crippen LogP contribution in [0.15, 0.2) is 23.2 Å². The van der Waals surface area contributed by atoms with E-state index in [2.05, 4.69) is 4.99 Å². The minimum atomic E-state index is -1.49. The van der Waals surface area contributed by atoms with Gasteiger partial charge in [-0.2, -0.15) is 0 Å². The molecule has 5 N–H and O–H groups in total. The normalized spacial score (nSPS) is 32.3. The Bertz CT molecular complexity index is 536. The van der Waals surface area contributed by atoms with E-state index in [0.29, 0.717) is 5.56 Å². The molecular weight excluding hydrogens is 294 g/mol. The summed E-state index contributed by atoms with van der Waals surface area (Å²) in [7, 11) is 1.41. The average Bonchev–Trinajstić information content (AvgIpc) is 2.52. The Balaban J connectivity index is 2.19. The summed E-state index contributed by atoms with van der Waals surface area (Å²) in [6.45, 7) is -0.539. The number of rotatable bonds is 4. The fourth-order valence-electron chi connectivity index (χ4n) is 2.22. The van der Waals surface area contributed by atoms with Crippen LogP contribution in [0.2, 0.25) is 0 Å². The summed E-state index contributed by atoms with van der Waals surface area (Å²) in [5.41, 5.74) is 0.317. The Hall–Kier alpha value is -1.71. The van der Waals surface area contributed by atoms with E-state index < -0.39 is 37.3 Å². The maximum atomic E-state index is 9.96. The number of phenolic OH excluding ortho intramolecular Hbond substituents is 1. The lowest BCUT2D eigenvalue weighted by atomic mass is 9.97. The van der Waals surface area contributed by atoms with Gasteiger partial charge in [0.25, 0.3) is 0 Å². The minimum Gasteiger partial charge on any atom is -0.504 e. The second-order valence-corrected chi connectivity index (χ2v) is 4.90. The van der Waals surface area contributed by atoms with Gasteiger partial charge in [0.2, 0.25) is 0 Å². The van der Waals surface area contributed by atoms with Crippen molar-refractivity contribution in [2.75, 3.05) is 13.7 Å². The Kier molecular flexibility index (Phi) is 5.33. The lowest BCUT2D eigenvalue weighted by Gasteiger charge is -2.38. The average molecular weight is 313 g/mol. The first-order chi connectivity index (χ1) is 10.5. The number of para-hydroxylation sites is 1. The number of aliphatic hydroxyl groups is 4. The fraction of sp³-hybridized carbons (Fsp3) is 0.500. The highest BCUT2D eigenvalue weighted by Crippen LogP contribution is 2.29. The number of aliphatic hydroxyl groups excluding tert-OH is 4. The molecule has 0 aliphatic carbocycles. The molecule has 122 valence electrons. The number of methoxy groups -OCH3 is 1. The molecule has 1 aliphatic rings. The lowest BCUT2D eigenvalue weighted by Crippen LogP contribution is -2.57. The van der Waals surface area contributed by atoms with Crippen molar-refractivity contribution in [2.45, 2.75) is 30.6 Å². The van der Waals surface area contributed by atoms with Crippen LogP contribution in [0.1, 0.15) is 5.56 Å². The maximum Gasteiger partial charge on any atom is 0.180 e. The summed E-state index contributed by atoms with van der Waals surface area (Å²) in [5, 5.41) is 48.4. The topological polar surface area (TPSA) is 132 Å². The number of hydrogen-bond acceptors (Lipinski definition) is 8. The van der Waals surface area contributed by atoms with Crippen LogP contribution in [0.4, 0.5) is 0 Å². The molecule has 0 radical (unpaired) electrons. The standard InChI is InChI=1S/C14H19NO7/c1-21-8-4-2-3-7(11(8)17)5-15-10-13(19)12(18)9(6-16)22-14(10)20/h2-5,9-10,12-14,16-20H,6H2,1H3/t9-,10-,12-,13-,14-/m1/s1. The smallest absolute Gasteiger partial charge is 0.180 e. The highest BCUT2D eigenvalue weighted by Gasteiger charge is 2.43. The third-order valence-electron chi connectivity index (χ3n) is 3.50. The second-order valence-electron chi connectivity index (χ2n) is 4.90. The highest BCUT2D eigenvalue weighted by molar-refractivity contribution is 5.85. The molecule has 1 aliphatic heterocycles. The molecule has 0 unspecified atom stereocenters. The van der Waals surface area contributed by atoms with Crippen LogP contribution in [-0.2, 0) is 4.74 Å². The van der Waals surface area contributed by atoms with Crippen molar-refractivity contribution in [3.63, 3.8) is 0 Å². The number of benzene rings is 1. The Morgan fingerprint density at radius 1 is 1.27 bits per heavy atom. The molecule has 0 amide bonds. The molecule has 1 fully saturated rings. The largest absolute Gasteiger partial charge is 0.504 e. The predicted octanol–water partition coefficient (Wildman–Crippen LogP) is -1.38.